The first-order chi connectivity index (χ1) is 10.7. The molecule has 0 bridgehead atoms. The molecule has 3 aromatic carbocycles. The van der Waals surface area contributed by atoms with Crippen LogP contribution in [-0.4, -0.2) is 5.71 Å². The summed E-state index contributed by atoms with van der Waals surface area (Å²) in [5, 5.41) is 7.83. The Morgan fingerprint density at radius 2 is 1.41 bits per heavy atom. The molecule has 0 aliphatic rings. The van der Waals surface area contributed by atoms with Gasteiger partial charge in [-0.1, -0.05) is 66.7 Å². The summed E-state index contributed by atoms with van der Waals surface area (Å²) in [4.78, 5) is 0. The minimum absolute atomic E-state index is 0.485. The lowest BCUT2D eigenvalue weighted by atomic mass is 9.95. The molecular weight excluding hydrogens is 268 g/mol. The van der Waals surface area contributed by atoms with Crippen molar-refractivity contribution >= 4 is 11.4 Å². The summed E-state index contributed by atoms with van der Waals surface area (Å²) in [5.41, 5.74) is 12.6. The fraction of sp³-hybridized carbons (Fsp3) is 0.0500. The van der Waals surface area contributed by atoms with Crippen molar-refractivity contribution in [3.05, 3.63) is 78.4 Å². The number of nitrogens with one attached hydrogen (secondary N) is 1. The van der Waals surface area contributed by atoms with E-state index >= 15 is 0 Å². The first-order valence-electron chi connectivity index (χ1n) is 7.26. The van der Waals surface area contributed by atoms with Crippen LogP contribution in [0, 0.1) is 5.41 Å². The molecular formula is C20H18N2. The molecule has 0 amide bonds. The Kier molecular flexibility index (Phi) is 3.75. The zero-order chi connectivity index (χ0) is 15.5. The topological polar surface area (TPSA) is 49.9 Å². The summed E-state index contributed by atoms with van der Waals surface area (Å²) in [7, 11) is 0. The predicted molar refractivity (Wildman–Crippen MR) is 94.2 cm³/mol. The third-order valence-electron chi connectivity index (χ3n) is 3.79. The second-order valence-corrected chi connectivity index (χ2v) is 5.34. The van der Waals surface area contributed by atoms with Crippen LogP contribution in [-0.2, 0) is 0 Å². The van der Waals surface area contributed by atoms with Gasteiger partial charge in [-0.25, -0.2) is 0 Å². The van der Waals surface area contributed by atoms with Gasteiger partial charge in [-0.3, -0.25) is 0 Å². The Hall–Kier alpha value is -2.87. The number of para-hydroxylation sites is 1. The lowest BCUT2D eigenvalue weighted by Crippen LogP contribution is -2.01. The molecule has 0 aliphatic heterocycles. The van der Waals surface area contributed by atoms with Gasteiger partial charge in [0.1, 0.15) is 0 Å². The van der Waals surface area contributed by atoms with Crippen molar-refractivity contribution in [2.75, 3.05) is 5.73 Å². The van der Waals surface area contributed by atoms with E-state index in [1.807, 2.05) is 42.5 Å². The Balaban J connectivity index is 2.11. The van der Waals surface area contributed by atoms with E-state index in [1.54, 1.807) is 6.92 Å². The van der Waals surface area contributed by atoms with Gasteiger partial charge in [0.2, 0.25) is 0 Å². The van der Waals surface area contributed by atoms with E-state index in [4.69, 9.17) is 11.1 Å². The lowest BCUT2D eigenvalue weighted by Gasteiger charge is -2.12. The summed E-state index contributed by atoms with van der Waals surface area (Å²) in [6.07, 6.45) is 0. The Labute approximate surface area is 130 Å². The average Bonchev–Trinajstić information content (AvgIpc) is 2.56. The van der Waals surface area contributed by atoms with Crippen LogP contribution < -0.4 is 5.73 Å². The number of nitrogens with two attached hydrogens (primary N) is 1. The van der Waals surface area contributed by atoms with Crippen LogP contribution in [0.3, 0.4) is 0 Å². The van der Waals surface area contributed by atoms with E-state index in [9.17, 15) is 0 Å². The monoisotopic (exact) mass is 286 g/mol. The molecule has 108 valence electrons. The van der Waals surface area contributed by atoms with Gasteiger partial charge in [-0.2, -0.15) is 0 Å². The SMILES string of the molecule is CC(=N)c1cccc(-c2cccc(-c3ccccc3)c2)c1N. The number of benzene rings is 3. The van der Waals surface area contributed by atoms with Gasteiger partial charge in [0.15, 0.2) is 0 Å². The highest BCUT2D eigenvalue weighted by molar-refractivity contribution is 6.04. The van der Waals surface area contributed by atoms with Gasteiger partial charge in [-0.05, 0) is 29.7 Å². The standard InChI is InChI=1S/C20H18N2/c1-14(21)18-11-6-12-19(20(18)22)17-10-5-9-16(13-17)15-7-3-2-4-8-15/h2-13,21H,22H2,1H3. The van der Waals surface area contributed by atoms with Gasteiger partial charge < -0.3 is 11.1 Å². The highest BCUT2D eigenvalue weighted by Gasteiger charge is 2.09. The fourth-order valence-electron chi connectivity index (χ4n) is 2.64. The van der Waals surface area contributed by atoms with Gasteiger partial charge in [0.05, 0.1) is 0 Å². The molecule has 0 fully saturated rings. The molecule has 0 saturated carbocycles. The van der Waals surface area contributed by atoms with E-state index in [-0.39, 0.29) is 0 Å². The summed E-state index contributed by atoms with van der Waals surface area (Å²) >= 11 is 0. The smallest absolute Gasteiger partial charge is 0.0485 e. The van der Waals surface area contributed by atoms with Gasteiger partial charge in [0, 0.05) is 22.5 Å². The van der Waals surface area contributed by atoms with Crippen molar-refractivity contribution in [2.24, 2.45) is 0 Å². The molecule has 0 spiro atoms. The van der Waals surface area contributed by atoms with Crippen LogP contribution in [0.25, 0.3) is 22.3 Å². The summed E-state index contributed by atoms with van der Waals surface area (Å²) in [5.74, 6) is 0. The van der Waals surface area contributed by atoms with Crippen molar-refractivity contribution in [3.63, 3.8) is 0 Å². The fourth-order valence-corrected chi connectivity index (χ4v) is 2.64. The van der Waals surface area contributed by atoms with Crippen molar-refractivity contribution in [1.82, 2.24) is 0 Å². The highest BCUT2D eigenvalue weighted by Crippen LogP contribution is 2.31. The minimum atomic E-state index is 0.485. The van der Waals surface area contributed by atoms with E-state index in [0.29, 0.717) is 11.4 Å². The number of hydrogen-bond acceptors (Lipinski definition) is 2. The average molecular weight is 286 g/mol. The van der Waals surface area contributed by atoms with Gasteiger partial charge in [0.25, 0.3) is 0 Å². The summed E-state index contributed by atoms with van der Waals surface area (Å²) in [6, 6.07) is 24.5. The third-order valence-corrected chi connectivity index (χ3v) is 3.79. The van der Waals surface area contributed by atoms with Crippen LogP contribution in [0.4, 0.5) is 5.69 Å². The Morgan fingerprint density at radius 3 is 2.14 bits per heavy atom. The van der Waals surface area contributed by atoms with E-state index in [1.165, 1.54) is 5.56 Å². The molecule has 3 rings (SSSR count). The molecule has 2 nitrogen and oxygen atoms in total. The second-order valence-electron chi connectivity index (χ2n) is 5.34. The molecule has 0 aromatic heterocycles. The quantitative estimate of drug-likeness (QED) is 0.517. The molecule has 0 saturated heterocycles. The first kappa shape index (κ1) is 14.1. The number of rotatable bonds is 3. The zero-order valence-corrected chi connectivity index (χ0v) is 12.5. The summed E-state index contributed by atoms with van der Waals surface area (Å²) < 4.78 is 0. The lowest BCUT2D eigenvalue weighted by molar-refractivity contribution is 1.45. The first-order valence-corrected chi connectivity index (χ1v) is 7.26. The van der Waals surface area contributed by atoms with Gasteiger partial charge in [-0.15, -0.1) is 0 Å². The zero-order valence-electron chi connectivity index (χ0n) is 12.5. The molecule has 3 N–H and O–H groups in total. The van der Waals surface area contributed by atoms with E-state index < -0.39 is 0 Å². The van der Waals surface area contributed by atoms with Crippen molar-refractivity contribution < 1.29 is 0 Å². The van der Waals surface area contributed by atoms with Crippen molar-refractivity contribution in [1.29, 1.82) is 5.41 Å². The Bertz CT molecular complexity index is 820. The largest absolute Gasteiger partial charge is 0.398 e. The molecule has 0 atom stereocenters. The molecule has 0 radical (unpaired) electrons. The number of nitrogen functional groups attached to an aromatic ring is 1. The van der Waals surface area contributed by atoms with E-state index in [2.05, 4.69) is 30.3 Å². The number of anilines is 1. The van der Waals surface area contributed by atoms with E-state index in [0.717, 1.165) is 22.3 Å². The highest BCUT2D eigenvalue weighted by atomic mass is 14.6. The maximum absolute atomic E-state index is 7.83. The maximum Gasteiger partial charge on any atom is 0.0485 e. The van der Waals surface area contributed by atoms with Crippen LogP contribution in [0.15, 0.2) is 72.8 Å². The van der Waals surface area contributed by atoms with Crippen LogP contribution in [0.2, 0.25) is 0 Å². The Morgan fingerprint density at radius 1 is 0.773 bits per heavy atom. The molecule has 0 aliphatic carbocycles. The third kappa shape index (κ3) is 2.63. The van der Waals surface area contributed by atoms with Crippen molar-refractivity contribution in [3.8, 4) is 22.3 Å². The molecule has 22 heavy (non-hydrogen) atoms. The van der Waals surface area contributed by atoms with Crippen molar-refractivity contribution in [2.45, 2.75) is 6.92 Å². The molecule has 0 unspecified atom stereocenters. The predicted octanol–water partition coefficient (Wildman–Crippen LogP) is 4.99. The van der Waals surface area contributed by atoms with Crippen LogP contribution in [0.1, 0.15) is 12.5 Å². The van der Waals surface area contributed by atoms with Crippen LogP contribution in [0.5, 0.6) is 0 Å². The normalized spacial score (nSPS) is 10.4. The number of hydrogen-bond donors (Lipinski definition) is 2. The molecule has 3 aromatic rings. The minimum Gasteiger partial charge on any atom is -0.398 e. The molecule has 2 heteroatoms. The second kappa shape index (κ2) is 5.86. The van der Waals surface area contributed by atoms with Crippen LogP contribution >= 0.6 is 0 Å². The maximum atomic E-state index is 7.83. The summed E-state index contributed by atoms with van der Waals surface area (Å²) in [6.45, 7) is 1.76. The molecule has 0 heterocycles. The van der Waals surface area contributed by atoms with Gasteiger partial charge >= 0.3 is 0 Å².